The molecule has 242 valence electrons. The first-order valence-corrected chi connectivity index (χ1v) is 17.6. The van der Waals surface area contributed by atoms with Crippen LogP contribution in [0, 0.1) is 30.2 Å². The Kier molecular flexibility index (Phi) is 8.80. The van der Waals surface area contributed by atoms with Crippen molar-refractivity contribution in [2.75, 3.05) is 15.9 Å². The fourth-order valence-electron chi connectivity index (χ4n) is 7.06. The van der Waals surface area contributed by atoms with Gasteiger partial charge < -0.3 is 4.74 Å². The van der Waals surface area contributed by atoms with E-state index in [4.69, 9.17) is 16.3 Å². The number of aromatic nitrogens is 3. The highest BCUT2D eigenvalue weighted by Crippen LogP contribution is 2.45. The Morgan fingerprint density at radius 3 is 2.19 bits per heavy atom. The molecule has 0 spiro atoms. The molecule has 1 saturated carbocycles. The molecule has 10 nitrogen and oxygen atoms in total. The third-order valence-corrected chi connectivity index (χ3v) is 9.61. The van der Waals surface area contributed by atoms with Crippen LogP contribution in [-0.4, -0.2) is 35.4 Å². The third-order valence-electron chi connectivity index (χ3n) is 9.00. The molecule has 0 saturated heterocycles. The molecule has 1 aliphatic rings. The van der Waals surface area contributed by atoms with E-state index < -0.39 is 16.1 Å². The molecule has 1 amide bonds. The number of carbonyl (C=O) groups excluding carboxylic acids is 1. The fraction of sp³-hybridized carbons (Fsp3) is 0.306. The number of anilines is 3. The summed E-state index contributed by atoms with van der Waals surface area (Å²) in [6.07, 6.45) is 3.24. The second kappa shape index (κ2) is 13.0. The van der Waals surface area contributed by atoms with Gasteiger partial charge in [-0.25, -0.2) is 32.5 Å². The van der Waals surface area contributed by atoms with E-state index in [0.29, 0.717) is 64.2 Å². The summed E-state index contributed by atoms with van der Waals surface area (Å²) in [6.45, 7) is 15.1. The molecule has 2 unspecified atom stereocenters. The molecule has 11 heteroatoms. The maximum Gasteiger partial charge on any atom is 0.424 e. The summed E-state index contributed by atoms with van der Waals surface area (Å²) < 4.78 is 34.1. The Morgan fingerprint density at radius 1 is 1.00 bits per heavy atom. The van der Waals surface area contributed by atoms with Crippen LogP contribution in [0.15, 0.2) is 84.9 Å². The Hall–Kier alpha value is -5.08. The summed E-state index contributed by atoms with van der Waals surface area (Å²) in [6, 6.07) is 25.3. The normalized spacial score (nSPS) is 19.6. The molecule has 0 radical (unpaired) electrons. The maximum absolute atomic E-state index is 14.1. The summed E-state index contributed by atoms with van der Waals surface area (Å²) >= 11 is 0. The molecule has 1 fully saturated rings. The van der Waals surface area contributed by atoms with Crippen LogP contribution in [0.2, 0.25) is 0 Å². The van der Waals surface area contributed by atoms with Gasteiger partial charge in [0.15, 0.2) is 5.82 Å². The van der Waals surface area contributed by atoms with Gasteiger partial charge in [-0.15, -0.1) is 0 Å². The van der Waals surface area contributed by atoms with E-state index in [0.717, 1.165) is 24.7 Å². The fourth-order valence-corrected chi connectivity index (χ4v) is 7.61. The van der Waals surface area contributed by atoms with Crippen molar-refractivity contribution in [1.29, 1.82) is 0 Å². The number of aromatic amines is 1. The lowest BCUT2D eigenvalue weighted by molar-refractivity contribution is 0.136. The molecule has 6 rings (SSSR count). The number of ether oxygens (including phenoxy) is 1. The zero-order chi connectivity index (χ0) is 33.3. The Bertz CT molecular complexity index is 2000. The minimum atomic E-state index is -3.49. The van der Waals surface area contributed by atoms with Gasteiger partial charge in [0.1, 0.15) is 5.65 Å². The predicted molar refractivity (Wildman–Crippen MR) is 185 cm³/mol. The van der Waals surface area contributed by atoms with Crippen molar-refractivity contribution in [3.63, 3.8) is 0 Å². The van der Waals surface area contributed by atoms with E-state index in [-0.39, 0.29) is 11.6 Å². The van der Waals surface area contributed by atoms with Gasteiger partial charge in [-0.1, -0.05) is 69.3 Å². The Labute approximate surface area is 275 Å². The number of carbonyl (C=O) groups is 1. The molecule has 2 aromatic heterocycles. The topological polar surface area (TPSA) is 113 Å². The molecule has 0 aliphatic heterocycles. The van der Waals surface area contributed by atoms with Crippen molar-refractivity contribution < 1.29 is 17.9 Å². The SMILES string of the molecule is [C-]#[N+]c1c(CC2C(C)CC(C)CC2C)c2nc(-c3cccc(NS(C)(=O)=O)c3)[nH]n2c1OC(=O)N(c1ccccc1)c1ccccc1. The van der Waals surface area contributed by atoms with E-state index >= 15 is 0 Å². The number of H-pyrrole nitrogens is 1. The first kappa shape index (κ1) is 31.9. The lowest BCUT2D eigenvalue weighted by atomic mass is 9.67. The maximum atomic E-state index is 14.1. The van der Waals surface area contributed by atoms with Crippen molar-refractivity contribution in [3.8, 4) is 17.3 Å². The van der Waals surface area contributed by atoms with Crippen LogP contribution in [0.25, 0.3) is 21.9 Å². The monoisotopic (exact) mass is 650 g/mol. The van der Waals surface area contributed by atoms with E-state index in [1.165, 1.54) is 4.90 Å². The van der Waals surface area contributed by atoms with E-state index in [1.54, 1.807) is 22.7 Å². The first-order valence-electron chi connectivity index (χ1n) is 15.7. The lowest BCUT2D eigenvalue weighted by Crippen LogP contribution is -2.30. The van der Waals surface area contributed by atoms with Gasteiger partial charge in [0.25, 0.3) is 5.69 Å². The third kappa shape index (κ3) is 6.74. The van der Waals surface area contributed by atoms with Crippen LogP contribution in [0.5, 0.6) is 5.88 Å². The molecule has 0 bridgehead atoms. The molecule has 1 aliphatic carbocycles. The van der Waals surface area contributed by atoms with Gasteiger partial charge in [0.2, 0.25) is 15.9 Å². The van der Waals surface area contributed by atoms with Gasteiger partial charge in [-0.2, -0.15) is 0 Å². The number of sulfonamides is 1. The van der Waals surface area contributed by atoms with Gasteiger partial charge in [0, 0.05) is 16.8 Å². The molecule has 2 N–H and O–H groups in total. The number of fused-ring (bicyclic) bond motifs is 1. The number of nitrogens with zero attached hydrogens (tertiary/aromatic N) is 4. The van der Waals surface area contributed by atoms with Crippen molar-refractivity contribution >= 4 is 44.5 Å². The predicted octanol–water partition coefficient (Wildman–Crippen LogP) is 8.45. The molecular formula is C36H38N6O4S. The average molecular weight is 651 g/mol. The zero-order valence-corrected chi connectivity index (χ0v) is 27.7. The minimum absolute atomic E-state index is 0.0560. The molecule has 5 aromatic rings. The van der Waals surface area contributed by atoms with Crippen LogP contribution in [0.1, 0.15) is 39.2 Å². The summed E-state index contributed by atoms with van der Waals surface area (Å²) in [5, 5.41) is 3.25. The summed E-state index contributed by atoms with van der Waals surface area (Å²) in [5.74, 6) is 2.33. The molecule has 47 heavy (non-hydrogen) atoms. The number of hydrogen-bond acceptors (Lipinski definition) is 5. The van der Waals surface area contributed by atoms with Crippen molar-refractivity contribution in [3.05, 3.63) is 102 Å². The van der Waals surface area contributed by atoms with E-state index in [9.17, 15) is 13.2 Å². The number of amides is 1. The average Bonchev–Trinajstić information content (AvgIpc) is 3.57. The molecule has 2 heterocycles. The number of benzene rings is 3. The highest BCUT2D eigenvalue weighted by atomic mass is 32.2. The lowest BCUT2D eigenvalue weighted by Gasteiger charge is -2.38. The first-order chi connectivity index (χ1) is 22.5. The van der Waals surface area contributed by atoms with Crippen molar-refractivity contribution in [2.45, 2.75) is 40.0 Å². The van der Waals surface area contributed by atoms with Crippen LogP contribution in [0.4, 0.5) is 27.5 Å². The van der Waals surface area contributed by atoms with Gasteiger partial charge in [0.05, 0.1) is 24.2 Å². The summed E-state index contributed by atoms with van der Waals surface area (Å²) in [7, 11) is -3.49. The number of rotatable bonds is 8. The second-order valence-electron chi connectivity index (χ2n) is 12.7. The molecule has 2 atom stereocenters. The van der Waals surface area contributed by atoms with Crippen molar-refractivity contribution in [1.82, 2.24) is 14.6 Å². The van der Waals surface area contributed by atoms with Crippen LogP contribution < -0.4 is 14.4 Å². The zero-order valence-electron chi connectivity index (χ0n) is 26.8. The highest BCUT2D eigenvalue weighted by Gasteiger charge is 2.35. The largest absolute Gasteiger partial charge is 0.424 e. The van der Waals surface area contributed by atoms with E-state index in [1.807, 2.05) is 66.7 Å². The minimum Gasteiger partial charge on any atom is -0.401 e. The number of hydrogen-bond donors (Lipinski definition) is 2. The van der Waals surface area contributed by atoms with Crippen LogP contribution in [-0.2, 0) is 16.4 Å². The summed E-state index contributed by atoms with van der Waals surface area (Å²) in [5.41, 5.74) is 3.70. The van der Waals surface area contributed by atoms with Gasteiger partial charge in [-0.3, -0.25) is 9.82 Å². The second-order valence-corrected chi connectivity index (χ2v) is 14.5. The summed E-state index contributed by atoms with van der Waals surface area (Å²) in [4.78, 5) is 24.4. The van der Waals surface area contributed by atoms with Crippen molar-refractivity contribution in [2.24, 2.45) is 23.7 Å². The van der Waals surface area contributed by atoms with Gasteiger partial charge in [-0.05, 0) is 79.3 Å². The molecule has 3 aromatic carbocycles. The smallest absolute Gasteiger partial charge is 0.401 e. The highest BCUT2D eigenvalue weighted by molar-refractivity contribution is 7.92. The van der Waals surface area contributed by atoms with Gasteiger partial charge >= 0.3 is 6.09 Å². The Morgan fingerprint density at radius 2 is 1.62 bits per heavy atom. The van der Waals surface area contributed by atoms with E-state index in [2.05, 4.69) is 35.4 Å². The van der Waals surface area contributed by atoms with Crippen LogP contribution >= 0.6 is 0 Å². The Balaban J connectivity index is 1.47. The quantitative estimate of drug-likeness (QED) is 0.164. The number of nitrogens with one attached hydrogen (secondary N) is 2. The number of para-hydroxylation sites is 2. The molecular weight excluding hydrogens is 613 g/mol. The van der Waals surface area contributed by atoms with Crippen LogP contribution in [0.3, 0.4) is 0 Å². The standard InChI is InChI=1S/C36H38N6O4S/c1-23-19-24(2)30(25(3)20-23)22-31-32(37-4)35(46-36(43)41(28-15-8-6-9-16-28)29-17-10-7-11-18-29)42-34(31)38-33(39-42)26-13-12-14-27(21-26)40-47(5,44)45/h6-18,21,23-25,30,40H,19-20,22H2,1-3,5H3,(H,38,39).